The maximum atomic E-state index is 12.9. The van der Waals surface area contributed by atoms with Crippen LogP contribution in [-0.2, 0) is 11.3 Å². The summed E-state index contributed by atoms with van der Waals surface area (Å²) in [6.07, 6.45) is 3.27. The first-order chi connectivity index (χ1) is 12.6. The predicted octanol–water partition coefficient (Wildman–Crippen LogP) is 3.20. The summed E-state index contributed by atoms with van der Waals surface area (Å²) >= 11 is 0. The Morgan fingerprint density at radius 3 is 2.62 bits per heavy atom. The number of hydrogen-bond acceptors (Lipinski definition) is 4. The van der Waals surface area contributed by atoms with Crippen LogP contribution in [0.5, 0.6) is 11.6 Å². The maximum Gasteiger partial charge on any atom is 0.250 e. The molecule has 7 heteroatoms. The van der Waals surface area contributed by atoms with Crippen LogP contribution < -0.4 is 15.6 Å². The normalized spacial score (nSPS) is 10.3. The molecule has 2 aromatic heterocycles. The molecule has 6 nitrogen and oxygen atoms in total. The Kier molecular flexibility index (Phi) is 5.38. The molecule has 0 saturated carbocycles. The third kappa shape index (κ3) is 4.76. The zero-order valence-electron chi connectivity index (χ0n) is 13.8. The Hall–Kier alpha value is -3.48. The number of benzene rings is 1. The number of halogens is 1. The van der Waals surface area contributed by atoms with Crippen LogP contribution in [0, 0.1) is 5.82 Å². The molecule has 0 aliphatic rings. The number of hydrogen-bond donors (Lipinski definition) is 1. The highest BCUT2D eigenvalue weighted by atomic mass is 19.1. The molecule has 26 heavy (non-hydrogen) atoms. The lowest BCUT2D eigenvalue weighted by molar-refractivity contribution is -0.116. The van der Waals surface area contributed by atoms with Crippen molar-refractivity contribution < 1.29 is 13.9 Å². The molecule has 3 aromatic rings. The summed E-state index contributed by atoms with van der Waals surface area (Å²) in [6, 6.07) is 13.7. The third-order valence-electron chi connectivity index (χ3n) is 3.53. The molecule has 0 saturated heterocycles. The van der Waals surface area contributed by atoms with Crippen molar-refractivity contribution in [1.82, 2.24) is 9.55 Å². The van der Waals surface area contributed by atoms with Gasteiger partial charge in [-0.3, -0.25) is 9.59 Å². The smallest absolute Gasteiger partial charge is 0.250 e. The molecule has 0 fully saturated rings. The largest absolute Gasteiger partial charge is 0.439 e. The van der Waals surface area contributed by atoms with Gasteiger partial charge in [-0.05, 0) is 36.4 Å². The van der Waals surface area contributed by atoms with Gasteiger partial charge in [0.05, 0.1) is 11.9 Å². The minimum Gasteiger partial charge on any atom is -0.439 e. The van der Waals surface area contributed by atoms with E-state index in [1.54, 1.807) is 30.5 Å². The van der Waals surface area contributed by atoms with Crippen LogP contribution in [0.3, 0.4) is 0 Å². The highest BCUT2D eigenvalue weighted by Crippen LogP contribution is 2.20. The van der Waals surface area contributed by atoms with E-state index in [0.717, 1.165) is 0 Å². The van der Waals surface area contributed by atoms with Crippen molar-refractivity contribution in [3.8, 4) is 11.6 Å². The second-order valence-electron chi connectivity index (χ2n) is 5.47. The first-order valence-electron chi connectivity index (χ1n) is 7.95. The Bertz CT molecular complexity index is 937. The number of pyridine rings is 2. The Morgan fingerprint density at radius 1 is 1.12 bits per heavy atom. The number of amides is 1. The summed E-state index contributed by atoms with van der Waals surface area (Å²) in [7, 11) is 0. The second-order valence-corrected chi connectivity index (χ2v) is 5.47. The average Bonchev–Trinajstić information content (AvgIpc) is 2.64. The molecule has 0 bridgehead atoms. The molecular formula is C19H16FN3O3. The number of ether oxygens (including phenoxy) is 1. The van der Waals surface area contributed by atoms with Gasteiger partial charge < -0.3 is 14.6 Å². The fourth-order valence-corrected chi connectivity index (χ4v) is 2.23. The molecule has 2 heterocycles. The standard InChI is InChI=1S/C19H16FN3O3/c20-14-4-7-16(8-5-14)26-18-9-6-15(13-21-18)22-17(24)10-12-23-11-2-1-3-19(23)25/h1-9,11,13H,10,12H2,(H,22,24). The van der Waals surface area contributed by atoms with Gasteiger partial charge in [-0.2, -0.15) is 0 Å². The van der Waals surface area contributed by atoms with Crippen molar-refractivity contribution >= 4 is 11.6 Å². The van der Waals surface area contributed by atoms with Crippen LogP contribution in [0.15, 0.2) is 71.8 Å². The number of aryl methyl sites for hydroxylation is 1. The molecule has 0 aliphatic carbocycles. The highest BCUT2D eigenvalue weighted by molar-refractivity contribution is 5.90. The van der Waals surface area contributed by atoms with Crippen molar-refractivity contribution in [3.63, 3.8) is 0 Å². The molecule has 0 aliphatic heterocycles. The Labute approximate surface area is 148 Å². The third-order valence-corrected chi connectivity index (χ3v) is 3.53. The zero-order chi connectivity index (χ0) is 18.4. The van der Waals surface area contributed by atoms with Crippen LogP contribution in [0.25, 0.3) is 0 Å². The van der Waals surface area contributed by atoms with Gasteiger partial charge in [0.15, 0.2) is 0 Å². The van der Waals surface area contributed by atoms with Crippen LogP contribution >= 0.6 is 0 Å². The molecule has 1 amide bonds. The van der Waals surface area contributed by atoms with Gasteiger partial charge in [0.1, 0.15) is 11.6 Å². The fourth-order valence-electron chi connectivity index (χ4n) is 2.23. The Morgan fingerprint density at radius 2 is 1.92 bits per heavy atom. The van der Waals surface area contributed by atoms with Gasteiger partial charge in [-0.1, -0.05) is 6.07 Å². The lowest BCUT2D eigenvalue weighted by Crippen LogP contribution is -2.21. The summed E-state index contributed by atoms with van der Waals surface area (Å²) in [4.78, 5) is 27.7. The number of carbonyl (C=O) groups is 1. The molecular weight excluding hydrogens is 337 g/mol. The van der Waals surface area contributed by atoms with Crippen molar-refractivity contribution in [2.75, 3.05) is 5.32 Å². The summed E-state index contributed by atoms with van der Waals surface area (Å²) in [5, 5.41) is 2.71. The SMILES string of the molecule is O=C(CCn1ccccc1=O)Nc1ccc(Oc2ccc(F)cc2)nc1. The molecule has 132 valence electrons. The molecule has 1 aromatic carbocycles. The van der Waals surface area contributed by atoms with Crippen molar-refractivity contribution in [1.29, 1.82) is 0 Å². The van der Waals surface area contributed by atoms with E-state index < -0.39 is 0 Å². The van der Waals surface area contributed by atoms with Gasteiger partial charge in [-0.25, -0.2) is 9.37 Å². The van der Waals surface area contributed by atoms with Crippen LogP contribution in [0.1, 0.15) is 6.42 Å². The first-order valence-corrected chi connectivity index (χ1v) is 7.95. The molecule has 0 spiro atoms. The number of rotatable bonds is 6. The maximum absolute atomic E-state index is 12.9. The monoisotopic (exact) mass is 353 g/mol. The topological polar surface area (TPSA) is 73.2 Å². The summed E-state index contributed by atoms with van der Waals surface area (Å²) in [5.74, 6) is 0.213. The van der Waals surface area contributed by atoms with E-state index in [0.29, 0.717) is 23.9 Å². The van der Waals surface area contributed by atoms with E-state index in [1.807, 2.05) is 0 Å². The first kappa shape index (κ1) is 17.3. The number of anilines is 1. The van der Waals surface area contributed by atoms with Crippen LogP contribution in [-0.4, -0.2) is 15.5 Å². The van der Waals surface area contributed by atoms with E-state index in [-0.39, 0.29) is 23.7 Å². The minimum absolute atomic E-state index is 0.149. The molecule has 0 radical (unpaired) electrons. The summed E-state index contributed by atoms with van der Waals surface area (Å²) in [6.45, 7) is 0.296. The van der Waals surface area contributed by atoms with Crippen molar-refractivity contribution in [2.45, 2.75) is 13.0 Å². The van der Waals surface area contributed by atoms with E-state index in [9.17, 15) is 14.0 Å². The van der Waals surface area contributed by atoms with Gasteiger partial charge in [0.25, 0.3) is 5.56 Å². The average molecular weight is 353 g/mol. The van der Waals surface area contributed by atoms with Crippen LogP contribution in [0.4, 0.5) is 10.1 Å². The summed E-state index contributed by atoms with van der Waals surface area (Å²) < 4.78 is 19.8. The second kappa shape index (κ2) is 8.06. The molecule has 0 atom stereocenters. The predicted molar refractivity (Wildman–Crippen MR) is 94.7 cm³/mol. The number of carbonyl (C=O) groups excluding carboxylic acids is 1. The van der Waals surface area contributed by atoms with E-state index in [2.05, 4.69) is 10.3 Å². The molecule has 1 N–H and O–H groups in total. The Balaban J connectivity index is 1.53. The molecule has 0 unspecified atom stereocenters. The lowest BCUT2D eigenvalue weighted by atomic mass is 10.3. The number of nitrogens with zero attached hydrogens (tertiary/aromatic N) is 2. The number of nitrogens with one attached hydrogen (secondary N) is 1. The minimum atomic E-state index is -0.346. The zero-order valence-corrected chi connectivity index (χ0v) is 13.8. The fraction of sp³-hybridized carbons (Fsp3) is 0.105. The number of aromatic nitrogens is 2. The van der Waals surface area contributed by atoms with Crippen molar-refractivity contribution in [3.05, 3.63) is 83.2 Å². The lowest BCUT2D eigenvalue weighted by Gasteiger charge is -2.08. The van der Waals surface area contributed by atoms with Gasteiger partial charge in [0, 0.05) is 31.3 Å². The van der Waals surface area contributed by atoms with Crippen LogP contribution in [0.2, 0.25) is 0 Å². The van der Waals surface area contributed by atoms with Gasteiger partial charge in [0.2, 0.25) is 11.8 Å². The summed E-state index contributed by atoms with van der Waals surface area (Å²) in [5.41, 5.74) is 0.367. The van der Waals surface area contributed by atoms with Gasteiger partial charge >= 0.3 is 0 Å². The quantitative estimate of drug-likeness (QED) is 0.739. The van der Waals surface area contributed by atoms with E-state index in [1.165, 1.54) is 41.1 Å². The van der Waals surface area contributed by atoms with E-state index >= 15 is 0 Å². The molecule has 3 rings (SSSR count). The highest BCUT2D eigenvalue weighted by Gasteiger charge is 2.05. The van der Waals surface area contributed by atoms with Gasteiger partial charge in [-0.15, -0.1) is 0 Å². The van der Waals surface area contributed by atoms with E-state index in [4.69, 9.17) is 4.74 Å². The van der Waals surface area contributed by atoms with Crippen molar-refractivity contribution in [2.24, 2.45) is 0 Å².